The molecule has 1 aromatic carbocycles. The summed E-state index contributed by atoms with van der Waals surface area (Å²) in [4.78, 5) is 0. The van der Waals surface area contributed by atoms with E-state index in [0.29, 0.717) is 36.9 Å². The fourth-order valence-electron chi connectivity index (χ4n) is 1.47. The SMILES string of the molecule is CCOCCCOc1cc(OC)cc(/C(N)=N/O)c1. The highest BCUT2D eigenvalue weighted by Gasteiger charge is 2.06. The van der Waals surface area contributed by atoms with Gasteiger partial charge in [0.2, 0.25) is 0 Å². The fourth-order valence-corrected chi connectivity index (χ4v) is 1.47. The normalized spacial score (nSPS) is 11.4. The van der Waals surface area contributed by atoms with E-state index in [4.69, 9.17) is 25.2 Å². The van der Waals surface area contributed by atoms with Crippen LogP contribution in [0.2, 0.25) is 0 Å². The summed E-state index contributed by atoms with van der Waals surface area (Å²) in [5.74, 6) is 1.21. The second kappa shape index (κ2) is 8.20. The maximum Gasteiger partial charge on any atom is 0.170 e. The van der Waals surface area contributed by atoms with Crippen LogP contribution in [0.5, 0.6) is 11.5 Å². The Morgan fingerprint density at radius 2 is 2.00 bits per heavy atom. The highest BCUT2D eigenvalue weighted by Crippen LogP contribution is 2.22. The van der Waals surface area contributed by atoms with Gasteiger partial charge < -0.3 is 25.2 Å². The van der Waals surface area contributed by atoms with Crippen LogP contribution >= 0.6 is 0 Å². The highest BCUT2D eigenvalue weighted by molar-refractivity contribution is 5.97. The first-order chi connectivity index (χ1) is 9.21. The fraction of sp³-hybridized carbons (Fsp3) is 0.462. The molecule has 0 saturated carbocycles. The van der Waals surface area contributed by atoms with Crippen LogP contribution in [0.3, 0.4) is 0 Å². The molecule has 3 N–H and O–H groups in total. The molecule has 0 aliphatic carbocycles. The monoisotopic (exact) mass is 268 g/mol. The zero-order valence-corrected chi connectivity index (χ0v) is 11.3. The van der Waals surface area contributed by atoms with Crippen LogP contribution in [0.1, 0.15) is 18.9 Å². The Kier molecular flexibility index (Phi) is 6.52. The van der Waals surface area contributed by atoms with Crippen molar-refractivity contribution in [3.8, 4) is 11.5 Å². The largest absolute Gasteiger partial charge is 0.497 e. The molecule has 1 aromatic rings. The number of hydrogen-bond acceptors (Lipinski definition) is 5. The summed E-state index contributed by atoms with van der Waals surface area (Å²) in [6.07, 6.45) is 0.796. The van der Waals surface area contributed by atoms with Crippen molar-refractivity contribution in [1.82, 2.24) is 0 Å². The van der Waals surface area contributed by atoms with Crippen LogP contribution in [0.15, 0.2) is 23.4 Å². The maximum absolute atomic E-state index is 8.68. The number of nitrogens with zero attached hydrogens (tertiary/aromatic N) is 1. The van der Waals surface area contributed by atoms with E-state index >= 15 is 0 Å². The highest BCUT2D eigenvalue weighted by atomic mass is 16.5. The third-order valence-electron chi connectivity index (χ3n) is 2.43. The van der Waals surface area contributed by atoms with Gasteiger partial charge in [0.25, 0.3) is 0 Å². The minimum absolute atomic E-state index is 0.0121. The molecule has 0 saturated heterocycles. The standard InChI is InChI=1S/C13H20N2O4/c1-3-18-5-4-6-19-12-8-10(13(14)15-16)7-11(9-12)17-2/h7-9,16H,3-6H2,1-2H3,(H2,14,15). The zero-order chi connectivity index (χ0) is 14.1. The molecular formula is C13H20N2O4. The maximum atomic E-state index is 8.68. The number of nitrogens with two attached hydrogens (primary N) is 1. The summed E-state index contributed by atoms with van der Waals surface area (Å²) in [7, 11) is 1.55. The zero-order valence-electron chi connectivity index (χ0n) is 11.3. The van der Waals surface area contributed by atoms with Crippen molar-refractivity contribution in [3.05, 3.63) is 23.8 Å². The van der Waals surface area contributed by atoms with Crippen molar-refractivity contribution in [1.29, 1.82) is 0 Å². The van der Waals surface area contributed by atoms with E-state index in [0.717, 1.165) is 6.42 Å². The van der Waals surface area contributed by atoms with Crippen molar-refractivity contribution in [2.75, 3.05) is 26.9 Å². The molecule has 0 unspecified atom stereocenters. The average molecular weight is 268 g/mol. The lowest BCUT2D eigenvalue weighted by Gasteiger charge is -2.10. The van der Waals surface area contributed by atoms with Gasteiger partial charge in [-0.2, -0.15) is 0 Å². The van der Waals surface area contributed by atoms with Crippen LogP contribution in [0, 0.1) is 0 Å². The molecule has 0 heterocycles. The quantitative estimate of drug-likeness (QED) is 0.246. The molecule has 0 fully saturated rings. The topological polar surface area (TPSA) is 86.3 Å². The Hall–Kier alpha value is -1.95. The molecule has 0 aliphatic rings. The second-order valence-corrected chi connectivity index (χ2v) is 3.78. The van der Waals surface area contributed by atoms with Crippen LogP contribution in [-0.2, 0) is 4.74 Å². The van der Waals surface area contributed by atoms with Gasteiger partial charge in [-0.1, -0.05) is 5.16 Å². The molecule has 0 amide bonds. The van der Waals surface area contributed by atoms with Crippen molar-refractivity contribution >= 4 is 5.84 Å². The molecular weight excluding hydrogens is 248 g/mol. The minimum Gasteiger partial charge on any atom is -0.497 e. The van der Waals surface area contributed by atoms with Crippen LogP contribution in [0.25, 0.3) is 0 Å². The van der Waals surface area contributed by atoms with Crippen molar-refractivity contribution < 1.29 is 19.4 Å². The van der Waals surface area contributed by atoms with Gasteiger partial charge in [-0.15, -0.1) is 0 Å². The summed E-state index contributed by atoms with van der Waals surface area (Å²) in [5, 5.41) is 11.6. The summed E-state index contributed by atoms with van der Waals surface area (Å²) in [6.45, 7) is 3.84. The van der Waals surface area contributed by atoms with Gasteiger partial charge in [-0.05, 0) is 19.1 Å². The van der Waals surface area contributed by atoms with E-state index in [1.165, 1.54) is 0 Å². The van der Waals surface area contributed by atoms with Gasteiger partial charge in [-0.3, -0.25) is 0 Å². The molecule has 0 aromatic heterocycles. The lowest BCUT2D eigenvalue weighted by molar-refractivity contribution is 0.131. The minimum atomic E-state index is 0.0121. The number of hydrogen-bond donors (Lipinski definition) is 2. The Bertz CT molecular complexity index is 421. The number of amidine groups is 1. The van der Waals surface area contributed by atoms with E-state index in [1.807, 2.05) is 6.92 Å². The number of benzene rings is 1. The molecule has 0 bridgehead atoms. The Labute approximate surface area is 112 Å². The van der Waals surface area contributed by atoms with Gasteiger partial charge in [0, 0.05) is 31.3 Å². The van der Waals surface area contributed by atoms with E-state index in [9.17, 15) is 0 Å². The van der Waals surface area contributed by atoms with Gasteiger partial charge in [0.15, 0.2) is 5.84 Å². The smallest absolute Gasteiger partial charge is 0.170 e. The summed E-state index contributed by atoms with van der Waals surface area (Å²) in [6, 6.07) is 5.11. The van der Waals surface area contributed by atoms with Gasteiger partial charge >= 0.3 is 0 Å². The lowest BCUT2D eigenvalue weighted by Crippen LogP contribution is -2.13. The van der Waals surface area contributed by atoms with E-state index < -0.39 is 0 Å². The molecule has 6 nitrogen and oxygen atoms in total. The van der Waals surface area contributed by atoms with E-state index in [1.54, 1.807) is 25.3 Å². The van der Waals surface area contributed by atoms with Crippen LogP contribution < -0.4 is 15.2 Å². The Balaban J connectivity index is 2.66. The summed E-state index contributed by atoms with van der Waals surface area (Å²) >= 11 is 0. The lowest BCUT2D eigenvalue weighted by atomic mass is 10.2. The summed E-state index contributed by atoms with van der Waals surface area (Å²) in [5.41, 5.74) is 6.09. The second-order valence-electron chi connectivity index (χ2n) is 3.78. The molecule has 1 rings (SSSR count). The summed E-state index contributed by atoms with van der Waals surface area (Å²) < 4.78 is 15.9. The van der Waals surface area contributed by atoms with Crippen molar-refractivity contribution in [2.24, 2.45) is 10.9 Å². The molecule has 19 heavy (non-hydrogen) atoms. The average Bonchev–Trinajstić information content (AvgIpc) is 2.45. The Morgan fingerprint density at radius 3 is 2.63 bits per heavy atom. The van der Waals surface area contributed by atoms with Gasteiger partial charge in [0.05, 0.1) is 13.7 Å². The number of rotatable bonds is 8. The number of ether oxygens (including phenoxy) is 3. The number of methoxy groups -OCH3 is 1. The van der Waals surface area contributed by atoms with E-state index in [-0.39, 0.29) is 5.84 Å². The molecule has 0 spiro atoms. The molecule has 0 radical (unpaired) electrons. The van der Waals surface area contributed by atoms with E-state index in [2.05, 4.69) is 5.16 Å². The first kappa shape index (κ1) is 15.1. The molecule has 0 atom stereocenters. The third kappa shape index (κ3) is 5.05. The first-order valence-corrected chi connectivity index (χ1v) is 6.08. The molecule has 6 heteroatoms. The molecule has 0 aliphatic heterocycles. The number of oxime groups is 1. The Morgan fingerprint density at radius 1 is 1.26 bits per heavy atom. The van der Waals surface area contributed by atoms with Gasteiger partial charge in [-0.25, -0.2) is 0 Å². The van der Waals surface area contributed by atoms with Crippen LogP contribution in [-0.4, -0.2) is 38.0 Å². The predicted molar refractivity (Wildman–Crippen MR) is 72.1 cm³/mol. The predicted octanol–water partition coefficient (Wildman–Crippen LogP) is 1.60. The van der Waals surface area contributed by atoms with Crippen molar-refractivity contribution in [2.45, 2.75) is 13.3 Å². The molecule has 106 valence electrons. The third-order valence-corrected chi connectivity index (χ3v) is 2.43. The first-order valence-electron chi connectivity index (χ1n) is 6.08. The van der Waals surface area contributed by atoms with Gasteiger partial charge in [0.1, 0.15) is 11.5 Å². The van der Waals surface area contributed by atoms with Crippen molar-refractivity contribution in [3.63, 3.8) is 0 Å². The van der Waals surface area contributed by atoms with Crippen LogP contribution in [0.4, 0.5) is 0 Å².